The molecule has 4 aliphatic rings. The second kappa shape index (κ2) is 6.77. The van der Waals surface area contributed by atoms with Gasteiger partial charge in [0, 0.05) is 41.6 Å². The van der Waals surface area contributed by atoms with Crippen molar-refractivity contribution in [2.24, 2.45) is 5.92 Å². The summed E-state index contributed by atoms with van der Waals surface area (Å²) in [4.78, 5) is 6.59. The number of H-pyrrole nitrogens is 1. The smallest absolute Gasteiger partial charge is 0.120 e. The first-order valence-corrected chi connectivity index (χ1v) is 11.0. The molecule has 0 radical (unpaired) electrons. The summed E-state index contributed by atoms with van der Waals surface area (Å²) in [5, 5.41) is 1.36. The highest BCUT2D eigenvalue weighted by Gasteiger charge is 2.46. The Bertz CT molecular complexity index is 1080. The maximum absolute atomic E-state index is 6.13. The van der Waals surface area contributed by atoms with E-state index in [2.05, 4.69) is 65.3 Å². The number of fused-ring (bicyclic) bond motifs is 4. The monoisotopic (exact) mass is 384 g/mol. The van der Waals surface area contributed by atoms with Crippen LogP contribution in [-0.2, 0) is 13.0 Å². The molecule has 2 saturated heterocycles. The zero-order valence-electron chi connectivity index (χ0n) is 17.0. The molecule has 1 aliphatic carbocycles. The van der Waals surface area contributed by atoms with Crippen LogP contribution in [0.3, 0.4) is 0 Å². The molecule has 1 N–H and O–H groups in total. The van der Waals surface area contributed by atoms with Crippen LogP contribution in [0.5, 0.6) is 5.75 Å². The third-order valence-electron chi connectivity index (χ3n) is 7.31. The van der Waals surface area contributed by atoms with Crippen LogP contribution >= 0.6 is 0 Å². The lowest BCUT2D eigenvalue weighted by molar-refractivity contribution is 0.0758. The fourth-order valence-electron chi connectivity index (χ4n) is 6.07. The van der Waals surface area contributed by atoms with Gasteiger partial charge in [0.05, 0.1) is 0 Å². The lowest BCUT2D eigenvalue weighted by Gasteiger charge is -2.50. The van der Waals surface area contributed by atoms with Gasteiger partial charge in [0.15, 0.2) is 0 Å². The number of nitrogens with zero attached hydrogens (tertiary/aromatic N) is 1. The van der Waals surface area contributed by atoms with Gasteiger partial charge in [0.1, 0.15) is 12.4 Å². The van der Waals surface area contributed by atoms with E-state index in [4.69, 9.17) is 4.74 Å². The minimum Gasteiger partial charge on any atom is -0.489 e. The van der Waals surface area contributed by atoms with Gasteiger partial charge in [-0.3, -0.25) is 4.90 Å². The van der Waals surface area contributed by atoms with Gasteiger partial charge in [-0.2, -0.15) is 0 Å². The zero-order valence-corrected chi connectivity index (χ0v) is 17.0. The molecule has 1 saturated carbocycles. The molecule has 0 spiro atoms. The van der Waals surface area contributed by atoms with Crippen molar-refractivity contribution in [1.82, 2.24) is 9.88 Å². The van der Waals surface area contributed by atoms with Crippen LogP contribution in [0, 0.1) is 5.92 Å². The molecular weight excluding hydrogens is 356 g/mol. The predicted molar refractivity (Wildman–Crippen MR) is 117 cm³/mol. The molecule has 4 atom stereocenters. The van der Waals surface area contributed by atoms with E-state index in [0.29, 0.717) is 18.6 Å². The van der Waals surface area contributed by atoms with Crippen LogP contribution in [0.15, 0.2) is 60.2 Å². The van der Waals surface area contributed by atoms with Crippen LogP contribution in [0.2, 0.25) is 0 Å². The number of ether oxygens (including phenoxy) is 1. The van der Waals surface area contributed by atoms with Gasteiger partial charge in [-0.15, -0.1) is 0 Å². The Morgan fingerprint density at radius 2 is 2.07 bits per heavy atom. The number of nitrogens with one attached hydrogen (secondary N) is 1. The van der Waals surface area contributed by atoms with Gasteiger partial charge in [-0.25, -0.2) is 0 Å². The molecule has 0 amide bonds. The predicted octanol–water partition coefficient (Wildman–Crippen LogP) is 5.43. The number of aromatic amines is 1. The SMILES string of the molecule is C/C=C1\CC2CC3c4[nH]c5ccc(OCc6ccccc6)cc5c4CCN(C2)C13. The van der Waals surface area contributed by atoms with Crippen molar-refractivity contribution in [2.45, 2.75) is 44.8 Å². The average molecular weight is 385 g/mol. The second-order valence-electron chi connectivity index (χ2n) is 8.96. The van der Waals surface area contributed by atoms with Crippen LogP contribution in [0.4, 0.5) is 0 Å². The first-order chi connectivity index (χ1) is 14.3. The molecule has 3 fully saturated rings. The molecule has 7 rings (SSSR count). The van der Waals surface area contributed by atoms with Gasteiger partial charge in [-0.1, -0.05) is 42.0 Å². The standard InChI is InChI=1S/C26H28N2O/c1-2-19-12-18-13-23-25-21(10-11-28(15-18)26(19)23)22-14-20(8-9-24(22)27-25)29-16-17-6-4-3-5-7-17/h2-9,14,18,23,26-27H,10-13,15-16H2,1H3/b19-2+. The summed E-state index contributed by atoms with van der Waals surface area (Å²) >= 11 is 0. The van der Waals surface area contributed by atoms with Crippen molar-refractivity contribution in [2.75, 3.05) is 13.1 Å². The first kappa shape index (κ1) is 17.3. The summed E-state index contributed by atoms with van der Waals surface area (Å²) in [6.45, 7) is 5.30. The third-order valence-corrected chi connectivity index (χ3v) is 7.31. The first-order valence-electron chi connectivity index (χ1n) is 11.0. The van der Waals surface area contributed by atoms with Crippen molar-refractivity contribution in [3.05, 3.63) is 77.0 Å². The highest BCUT2D eigenvalue weighted by Crippen LogP contribution is 2.50. The number of rotatable bonds is 3. The largest absolute Gasteiger partial charge is 0.489 e. The zero-order chi connectivity index (χ0) is 19.4. The van der Waals surface area contributed by atoms with E-state index in [-0.39, 0.29) is 0 Å². The molecule has 4 heterocycles. The summed E-state index contributed by atoms with van der Waals surface area (Å²) < 4.78 is 6.13. The van der Waals surface area contributed by atoms with Crippen molar-refractivity contribution in [3.63, 3.8) is 0 Å². The van der Waals surface area contributed by atoms with Gasteiger partial charge in [-0.05, 0) is 61.4 Å². The molecule has 29 heavy (non-hydrogen) atoms. The van der Waals surface area contributed by atoms with Crippen LogP contribution in [0.1, 0.15) is 42.5 Å². The molecule has 1 aromatic heterocycles. The Hall–Kier alpha value is -2.52. The van der Waals surface area contributed by atoms with Crippen LogP contribution in [-0.4, -0.2) is 29.0 Å². The molecule has 3 heteroatoms. The molecule has 3 aromatic rings. The average Bonchev–Trinajstić information content (AvgIpc) is 3.09. The minimum absolute atomic E-state index is 0.605. The molecule has 3 nitrogen and oxygen atoms in total. The van der Waals surface area contributed by atoms with E-state index >= 15 is 0 Å². The maximum atomic E-state index is 6.13. The van der Waals surface area contributed by atoms with E-state index in [9.17, 15) is 0 Å². The molecule has 148 valence electrons. The summed E-state index contributed by atoms with van der Waals surface area (Å²) in [6.07, 6.45) is 6.16. The van der Waals surface area contributed by atoms with Crippen molar-refractivity contribution in [3.8, 4) is 5.75 Å². The van der Waals surface area contributed by atoms with E-state index in [1.807, 2.05) is 6.07 Å². The topological polar surface area (TPSA) is 28.3 Å². The van der Waals surface area contributed by atoms with Gasteiger partial charge < -0.3 is 9.72 Å². The fourth-order valence-corrected chi connectivity index (χ4v) is 6.07. The number of benzene rings is 2. The number of aromatic nitrogens is 1. The molecular formula is C26H28N2O. The quantitative estimate of drug-likeness (QED) is 0.610. The van der Waals surface area contributed by atoms with Gasteiger partial charge >= 0.3 is 0 Å². The Morgan fingerprint density at radius 1 is 1.17 bits per heavy atom. The number of piperidine rings is 2. The van der Waals surface area contributed by atoms with E-state index in [1.54, 1.807) is 5.57 Å². The van der Waals surface area contributed by atoms with E-state index in [1.165, 1.54) is 53.7 Å². The summed E-state index contributed by atoms with van der Waals surface area (Å²) in [6, 6.07) is 17.6. The van der Waals surface area contributed by atoms with Gasteiger partial charge in [0.2, 0.25) is 0 Å². The second-order valence-corrected chi connectivity index (χ2v) is 8.96. The van der Waals surface area contributed by atoms with Crippen molar-refractivity contribution >= 4 is 10.9 Å². The Morgan fingerprint density at radius 3 is 2.93 bits per heavy atom. The highest BCUT2D eigenvalue weighted by molar-refractivity contribution is 5.86. The lowest BCUT2D eigenvalue weighted by atomic mass is 9.69. The maximum Gasteiger partial charge on any atom is 0.120 e. The Labute approximate surface area is 172 Å². The van der Waals surface area contributed by atoms with Crippen LogP contribution in [0.25, 0.3) is 10.9 Å². The Kier molecular flexibility index (Phi) is 4.05. The van der Waals surface area contributed by atoms with E-state index < -0.39 is 0 Å². The van der Waals surface area contributed by atoms with E-state index in [0.717, 1.165) is 18.1 Å². The van der Waals surface area contributed by atoms with Gasteiger partial charge in [0.25, 0.3) is 0 Å². The molecule has 2 aromatic carbocycles. The minimum atomic E-state index is 0.605. The molecule has 4 unspecified atom stereocenters. The summed E-state index contributed by atoms with van der Waals surface area (Å²) in [5.74, 6) is 2.40. The van der Waals surface area contributed by atoms with Crippen molar-refractivity contribution in [1.29, 1.82) is 0 Å². The summed E-state index contributed by atoms with van der Waals surface area (Å²) in [5.41, 5.74) is 7.16. The summed E-state index contributed by atoms with van der Waals surface area (Å²) in [7, 11) is 0. The number of hydrogen-bond acceptors (Lipinski definition) is 2. The fraction of sp³-hybridized carbons (Fsp3) is 0.385. The third kappa shape index (κ3) is 2.83. The highest BCUT2D eigenvalue weighted by atomic mass is 16.5. The normalized spacial score (nSPS) is 29.1. The number of hydrogen-bond donors (Lipinski definition) is 1. The lowest BCUT2D eigenvalue weighted by Crippen LogP contribution is -2.52. The Balaban J connectivity index is 1.36. The molecule has 4 bridgehead atoms. The molecule has 3 aliphatic heterocycles. The number of allylic oxidation sites excluding steroid dienone is 1. The van der Waals surface area contributed by atoms with Crippen LogP contribution < -0.4 is 4.74 Å². The van der Waals surface area contributed by atoms with Crippen molar-refractivity contribution < 1.29 is 4.74 Å².